The predicted octanol–water partition coefficient (Wildman–Crippen LogP) is 4.57. The lowest BCUT2D eigenvalue weighted by molar-refractivity contribution is 0.0924. The SMILES string of the molecule is Cl.O=C(NC1CNCCC1c1ccc(F)c(F)c1)c1cccc(Cl)c1Cl. The molecule has 1 aliphatic heterocycles. The highest BCUT2D eigenvalue weighted by atomic mass is 35.5. The third-order valence-electron chi connectivity index (χ3n) is 4.37. The molecule has 2 aromatic rings. The van der Waals surface area contributed by atoms with E-state index < -0.39 is 11.6 Å². The molecule has 1 aliphatic rings. The Morgan fingerprint density at radius 3 is 2.65 bits per heavy atom. The highest BCUT2D eigenvalue weighted by Gasteiger charge is 2.29. The number of rotatable bonds is 3. The Morgan fingerprint density at radius 1 is 1.15 bits per heavy atom. The first-order chi connectivity index (χ1) is 12.0. The van der Waals surface area contributed by atoms with E-state index in [-0.39, 0.29) is 40.9 Å². The Morgan fingerprint density at radius 2 is 1.92 bits per heavy atom. The van der Waals surface area contributed by atoms with Crippen LogP contribution in [0.1, 0.15) is 28.3 Å². The molecule has 1 saturated heterocycles. The van der Waals surface area contributed by atoms with Crippen LogP contribution < -0.4 is 10.6 Å². The first-order valence-corrected chi connectivity index (χ1v) is 8.63. The first-order valence-electron chi connectivity index (χ1n) is 7.88. The quantitative estimate of drug-likeness (QED) is 0.762. The molecule has 0 spiro atoms. The summed E-state index contributed by atoms with van der Waals surface area (Å²) in [6, 6.07) is 8.42. The van der Waals surface area contributed by atoms with Gasteiger partial charge in [0, 0.05) is 18.5 Å². The Bertz CT molecular complexity index is 804. The molecule has 3 nitrogen and oxygen atoms in total. The second-order valence-corrected chi connectivity index (χ2v) is 6.74. The van der Waals surface area contributed by atoms with Gasteiger partial charge in [-0.2, -0.15) is 0 Å². The number of hydrogen-bond acceptors (Lipinski definition) is 2. The van der Waals surface area contributed by atoms with E-state index in [4.69, 9.17) is 23.2 Å². The van der Waals surface area contributed by atoms with Crippen LogP contribution in [0.5, 0.6) is 0 Å². The molecule has 2 atom stereocenters. The van der Waals surface area contributed by atoms with E-state index in [0.29, 0.717) is 23.6 Å². The molecule has 8 heteroatoms. The van der Waals surface area contributed by atoms with Gasteiger partial charge in [-0.3, -0.25) is 4.79 Å². The van der Waals surface area contributed by atoms with Gasteiger partial charge in [0.2, 0.25) is 0 Å². The van der Waals surface area contributed by atoms with Crippen LogP contribution in [0.4, 0.5) is 8.78 Å². The zero-order valence-electron chi connectivity index (χ0n) is 13.6. The molecule has 140 valence electrons. The standard InChI is InChI=1S/C18H16Cl2F2N2O.ClH/c19-13-3-1-2-12(17(13)20)18(25)24-16-9-23-7-6-11(16)10-4-5-14(21)15(22)8-10;/h1-5,8,11,16,23H,6-7,9H2,(H,24,25);1H. The lowest BCUT2D eigenvalue weighted by Crippen LogP contribution is -2.50. The fourth-order valence-corrected chi connectivity index (χ4v) is 3.46. The Balaban J connectivity index is 0.00000243. The van der Waals surface area contributed by atoms with E-state index in [2.05, 4.69) is 10.6 Å². The smallest absolute Gasteiger partial charge is 0.253 e. The van der Waals surface area contributed by atoms with Crippen LogP contribution in [0.25, 0.3) is 0 Å². The second-order valence-electron chi connectivity index (χ2n) is 5.95. The summed E-state index contributed by atoms with van der Waals surface area (Å²) in [4.78, 5) is 12.6. The highest BCUT2D eigenvalue weighted by Crippen LogP contribution is 2.29. The molecular weight excluding hydrogens is 405 g/mol. The summed E-state index contributed by atoms with van der Waals surface area (Å²) < 4.78 is 26.8. The van der Waals surface area contributed by atoms with Crippen LogP contribution in [0.2, 0.25) is 10.0 Å². The minimum Gasteiger partial charge on any atom is -0.347 e. The summed E-state index contributed by atoms with van der Waals surface area (Å²) in [5.74, 6) is -2.25. The lowest BCUT2D eigenvalue weighted by Gasteiger charge is -2.33. The van der Waals surface area contributed by atoms with Crippen molar-refractivity contribution in [2.45, 2.75) is 18.4 Å². The Labute approximate surface area is 166 Å². The van der Waals surface area contributed by atoms with Crippen molar-refractivity contribution in [3.8, 4) is 0 Å². The third kappa shape index (κ3) is 4.46. The Hall–Kier alpha value is -1.40. The number of nitrogens with one attached hydrogen (secondary N) is 2. The molecule has 2 unspecified atom stereocenters. The molecule has 2 aromatic carbocycles. The number of hydrogen-bond donors (Lipinski definition) is 2. The van der Waals surface area contributed by atoms with Gasteiger partial charge in [-0.25, -0.2) is 8.78 Å². The van der Waals surface area contributed by atoms with E-state index in [0.717, 1.165) is 12.6 Å². The summed E-state index contributed by atoms with van der Waals surface area (Å²) >= 11 is 12.1. The molecular formula is C18H17Cl3F2N2O. The molecule has 0 aromatic heterocycles. The molecule has 1 amide bonds. The van der Waals surface area contributed by atoms with Crippen molar-refractivity contribution in [3.63, 3.8) is 0 Å². The number of benzene rings is 2. The van der Waals surface area contributed by atoms with Gasteiger partial charge >= 0.3 is 0 Å². The molecule has 0 radical (unpaired) electrons. The highest BCUT2D eigenvalue weighted by molar-refractivity contribution is 6.43. The first kappa shape index (κ1) is 20.9. The predicted molar refractivity (Wildman–Crippen MR) is 102 cm³/mol. The van der Waals surface area contributed by atoms with Crippen molar-refractivity contribution in [1.29, 1.82) is 0 Å². The number of carbonyl (C=O) groups excluding carboxylic acids is 1. The average molecular weight is 422 g/mol. The zero-order valence-corrected chi connectivity index (χ0v) is 15.9. The molecule has 26 heavy (non-hydrogen) atoms. The van der Waals surface area contributed by atoms with Crippen molar-refractivity contribution in [3.05, 3.63) is 69.2 Å². The van der Waals surface area contributed by atoms with E-state index in [1.807, 2.05) is 0 Å². The van der Waals surface area contributed by atoms with Crippen LogP contribution in [-0.4, -0.2) is 25.0 Å². The number of halogens is 5. The van der Waals surface area contributed by atoms with Crippen molar-refractivity contribution >= 4 is 41.5 Å². The van der Waals surface area contributed by atoms with E-state index in [1.165, 1.54) is 6.07 Å². The maximum Gasteiger partial charge on any atom is 0.253 e. The van der Waals surface area contributed by atoms with Crippen molar-refractivity contribution in [2.75, 3.05) is 13.1 Å². The average Bonchev–Trinajstić information content (AvgIpc) is 2.60. The van der Waals surface area contributed by atoms with Gasteiger partial charge in [-0.05, 0) is 42.8 Å². The van der Waals surface area contributed by atoms with E-state index in [1.54, 1.807) is 24.3 Å². The lowest BCUT2D eigenvalue weighted by atomic mass is 9.85. The molecule has 0 saturated carbocycles. The summed E-state index contributed by atoms with van der Waals surface area (Å²) in [7, 11) is 0. The van der Waals surface area contributed by atoms with Crippen molar-refractivity contribution in [1.82, 2.24) is 10.6 Å². The molecule has 0 bridgehead atoms. The van der Waals surface area contributed by atoms with Crippen molar-refractivity contribution < 1.29 is 13.6 Å². The maximum absolute atomic E-state index is 13.6. The molecule has 0 aliphatic carbocycles. The van der Waals surface area contributed by atoms with Gasteiger partial charge in [-0.1, -0.05) is 35.3 Å². The normalized spacial score (nSPS) is 19.5. The third-order valence-corrected chi connectivity index (χ3v) is 5.19. The van der Waals surface area contributed by atoms with E-state index in [9.17, 15) is 13.6 Å². The van der Waals surface area contributed by atoms with Gasteiger partial charge in [0.25, 0.3) is 5.91 Å². The van der Waals surface area contributed by atoms with Crippen LogP contribution in [0.15, 0.2) is 36.4 Å². The maximum atomic E-state index is 13.6. The largest absolute Gasteiger partial charge is 0.347 e. The van der Waals surface area contributed by atoms with Crippen LogP contribution in [0, 0.1) is 11.6 Å². The molecule has 3 rings (SSSR count). The Kier molecular flexibility index (Phi) is 7.24. The number of carbonyl (C=O) groups is 1. The monoisotopic (exact) mass is 420 g/mol. The van der Waals surface area contributed by atoms with Gasteiger partial charge in [0.05, 0.1) is 15.6 Å². The summed E-state index contributed by atoms with van der Waals surface area (Å²) in [5.41, 5.74) is 0.937. The second kappa shape index (κ2) is 9.00. The van der Waals surface area contributed by atoms with E-state index >= 15 is 0 Å². The fourth-order valence-electron chi connectivity index (χ4n) is 3.08. The topological polar surface area (TPSA) is 41.1 Å². The minimum atomic E-state index is -0.890. The fraction of sp³-hybridized carbons (Fsp3) is 0.278. The summed E-state index contributed by atoms with van der Waals surface area (Å²) in [5, 5.41) is 6.62. The van der Waals surface area contributed by atoms with Crippen LogP contribution in [0.3, 0.4) is 0 Å². The van der Waals surface area contributed by atoms with Gasteiger partial charge < -0.3 is 10.6 Å². The van der Waals surface area contributed by atoms with Crippen LogP contribution in [-0.2, 0) is 0 Å². The minimum absolute atomic E-state index is 0. The van der Waals surface area contributed by atoms with Gasteiger partial charge in [0.15, 0.2) is 11.6 Å². The van der Waals surface area contributed by atoms with Gasteiger partial charge in [-0.15, -0.1) is 12.4 Å². The summed E-state index contributed by atoms with van der Waals surface area (Å²) in [6.07, 6.45) is 0.694. The van der Waals surface area contributed by atoms with Gasteiger partial charge in [0.1, 0.15) is 0 Å². The molecule has 2 N–H and O–H groups in total. The zero-order chi connectivity index (χ0) is 18.0. The van der Waals surface area contributed by atoms with Crippen molar-refractivity contribution in [2.24, 2.45) is 0 Å². The van der Waals surface area contributed by atoms with Crippen LogP contribution >= 0.6 is 35.6 Å². The number of piperidine rings is 1. The molecule has 1 fully saturated rings. The molecule has 1 heterocycles. The summed E-state index contributed by atoms with van der Waals surface area (Å²) in [6.45, 7) is 1.25. The number of amides is 1.